The van der Waals surface area contributed by atoms with Gasteiger partial charge in [-0.05, 0) is 34.2 Å². The Morgan fingerprint density at radius 3 is 1.90 bits per heavy atom. The van der Waals surface area contributed by atoms with Crippen LogP contribution in [-0.2, 0) is 14.0 Å². The first kappa shape index (κ1) is 24.8. The fraction of sp³-hybridized carbons (Fsp3) is 0.370. The number of benzene rings is 2. The van der Waals surface area contributed by atoms with Crippen LogP contribution in [-0.4, -0.2) is 28.0 Å². The molecule has 0 aliphatic carbocycles. The van der Waals surface area contributed by atoms with Gasteiger partial charge in [0, 0.05) is 12.2 Å². The molecule has 0 unspecified atom stereocenters. The van der Waals surface area contributed by atoms with Gasteiger partial charge in [-0.15, -0.1) is 6.58 Å². The maximum atomic E-state index is 11.9. The molecule has 0 spiro atoms. The first-order valence-electron chi connectivity index (χ1n) is 10.8. The van der Waals surface area contributed by atoms with Crippen LogP contribution < -0.4 is 10.4 Å². The molecular weight excluding hydrogens is 400 g/mol. The molecule has 0 N–H and O–H groups in total. The summed E-state index contributed by atoms with van der Waals surface area (Å²) in [6, 6.07) is 21.2. The maximum absolute atomic E-state index is 11.9. The number of hydrogen-bond donors (Lipinski definition) is 0. The highest BCUT2D eigenvalue weighted by Crippen LogP contribution is 2.37. The molecule has 166 valence electrons. The van der Waals surface area contributed by atoms with Crippen LogP contribution in [0.15, 0.2) is 85.0 Å². The third kappa shape index (κ3) is 5.63. The van der Waals surface area contributed by atoms with Crippen LogP contribution in [0, 0.1) is 11.8 Å². The Bertz CT molecular complexity index is 842. The average molecular weight is 437 g/mol. The Balaban J connectivity index is 2.45. The normalized spacial score (nSPS) is 14.6. The highest BCUT2D eigenvalue weighted by atomic mass is 28.4. The lowest BCUT2D eigenvalue weighted by Gasteiger charge is -2.43. The Labute approximate surface area is 188 Å². The van der Waals surface area contributed by atoms with Crippen molar-refractivity contribution < 1.29 is 14.0 Å². The molecule has 3 nitrogen and oxygen atoms in total. The van der Waals surface area contributed by atoms with Crippen LogP contribution in [0.25, 0.3) is 0 Å². The smallest absolute Gasteiger partial charge is 0.333 e. The Hall–Kier alpha value is -2.43. The van der Waals surface area contributed by atoms with E-state index in [2.05, 4.69) is 82.8 Å². The van der Waals surface area contributed by atoms with E-state index >= 15 is 0 Å². The van der Waals surface area contributed by atoms with Gasteiger partial charge in [0.2, 0.25) is 0 Å². The monoisotopic (exact) mass is 436 g/mol. The van der Waals surface area contributed by atoms with Gasteiger partial charge < -0.3 is 9.16 Å². The molecule has 4 heteroatoms. The van der Waals surface area contributed by atoms with E-state index in [0.29, 0.717) is 12.2 Å². The number of methoxy groups -OCH3 is 1. The van der Waals surface area contributed by atoms with Gasteiger partial charge >= 0.3 is 5.97 Å². The first-order chi connectivity index (χ1) is 14.7. The summed E-state index contributed by atoms with van der Waals surface area (Å²) in [5, 5.41) is 2.45. The quantitative estimate of drug-likeness (QED) is 0.237. The third-order valence-electron chi connectivity index (χ3n) is 5.86. The van der Waals surface area contributed by atoms with Crippen LogP contribution in [0.3, 0.4) is 0 Å². The predicted octanol–water partition coefficient (Wildman–Crippen LogP) is 5.12. The van der Waals surface area contributed by atoms with Gasteiger partial charge in [0.25, 0.3) is 8.32 Å². The first-order valence-corrected chi connectivity index (χ1v) is 12.7. The van der Waals surface area contributed by atoms with E-state index in [-0.39, 0.29) is 22.8 Å². The topological polar surface area (TPSA) is 35.5 Å². The number of esters is 1. The van der Waals surface area contributed by atoms with Gasteiger partial charge in [-0.1, -0.05) is 101 Å². The molecule has 0 saturated heterocycles. The van der Waals surface area contributed by atoms with Crippen molar-refractivity contribution in [2.24, 2.45) is 11.8 Å². The highest BCUT2D eigenvalue weighted by Gasteiger charge is 2.50. The molecule has 0 aliphatic rings. The molecule has 0 aromatic heterocycles. The summed E-state index contributed by atoms with van der Waals surface area (Å²) in [7, 11) is -1.19. The summed E-state index contributed by atoms with van der Waals surface area (Å²) < 4.78 is 11.9. The molecule has 0 radical (unpaired) electrons. The number of allylic oxidation sites excluding steroid dienone is 2. The molecule has 2 aromatic carbocycles. The van der Waals surface area contributed by atoms with Crippen LogP contribution >= 0.6 is 0 Å². The number of carbonyl (C=O) groups is 1. The van der Waals surface area contributed by atoms with Crippen molar-refractivity contribution in [3.8, 4) is 0 Å². The molecule has 2 rings (SSSR count). The molecule has 0 fully saturated rings. The van der Waals surface area contributed by atoms with E-state index < -0.39 is 8.32 Å². The highest BCUT2D eigenvalue weighted by molar-refractivity contribution is 6.99. The molecule has 0 amide bonds. The number of carbonyl (C=O) groups excluding carboxylic acids is 1. The minimum atomic E-state index is -2.59. The third-order valence-corrected chi connectivity index (χ3v) is 10.9. The van der Waals surface area contributed by atoms with Gasteiger partial charge in [-0.3, -0.25) is 0 Å². The Kier molecular flexibility index (Phi) is 8.60. The summed E-state index contributed by atoms with van der Waals surface area (Å²) >= 11 is 0. The second kappa shape index (κ2) is 10.7. The van der Waals surface area contributed by atoms with Crippen molar-refractivity contribution in [1.82, 2.24) is 0 Å². The molecule has 0 bridgehead atoms. The van der Waals surface area contributed by atoms with E-state index in [1.54, 1.807) is 6.92 Å². The van der Waals surface area contributed by atoms with Gasteiger partial charge in [0.05, 0.1) is 7.11 Å². The van der Waals surface area contributed by atoms with Gasteiger partial charge in [-0.25, -0.2) is 4.79 Å². The molecule has 2 aromatic rings. The summed E-state index contributed by atoms with van der Waals surface area (Å²) in [6.45, 7) is 15.3. The van der Waals surface area contributed by atoms with Crippen LogP contribution in [0.5, 0.6) is 0 Å². The fourth-order valence-electron chi connectivity index (χ4n) is 4.11. The Morgan fingerprint density at radius 1 is 1.03 bits per heavy atom. The van der Waals surface area contributed by atoms with Crippen molar-refractivity contribution in [2.45, 2.75) is 39.7 Å². The molecule has 0 heterocycles. The molecule has 2 atom stereocenters. The summed E-state index contributed by atoms with van der Waals surface area (Å²) in [5.41, 5.74) is 0.588. The van der Waals surface area contributed by atoms with E-state index in [9.17, 15) is 4.79 Å². The van der Waals surface area contributed by atoms with Crippen molar-refractivity contribution in [3.05, 3.63) is 85.0 Å². The van der Waals surface area contributed by atoms with Crippen LogP contribution in [0.2, 0.25) is 5.04 Å². The van der Waals surface area contributed by atoms with Crippen molar-refractivity contribution >= 4 is 24.7 Å². The second-order valence-corrected chi connectivity index (χ2v) is 13.4. The lowest BCUT2D eigenvalue weighted by Crippen LogP contribution is -2.67. The number of rotatable bonds is 9. The largest absolute Gasteiger partial charge is 0.466 e. The van der Waals surface area contributed by atoms with Crippen molar-refractivity contribution in [1.29, 1.82) is 0 Å². The SMILES string of the molecule is C=C[C@H](/C=C(\C)C(=O)OC)[C@H](C)CO[Si](c1ccccc1)(c1ccccc1)C(C)(C)C. The molecular formula is C27H36O3Si. The zero-order valence-electron chi connectivity index (χ0n) is 19.7. The predicted molar refractivity (Wildman–Crippen MR) is 132 cm³/mol. The van der Waals surface area contributed by atoms with E-state index in [4.69, 9.17) is 9.16 Å². The van der Waals surface area contributed by atoms with E-state index in [0.717, 1.165) is 0 Å². The van der Waals surface area contributed by atoms with Crippen LogP contribution in [0.1, 0.15) is 34.6 Å². The average Bonchev–Trinajstić information content (AvgIpc) is 2.77. The standard InChI is InChI=1S/C27H36O3Si/c1-8-23(19-21(2)26(28)29-7)22(3)20-30-31(27(4,5)6,24-15-11-9-12-16-24)25-17-13-10-14-18-25/h8-19,22-23H,1,20H2,2-7H3/b21-19+/t22-,23-/m1/s1. The summed E-state index contributed by atoms with van der Waals surface area (Å²) in [4.78, 5) is 11.9. The molecule has 31 heavy (non-hydrogen) atoms. The molecule has 0 aliphatic heterocycles. The number of ether oxygens (including phenoxy) is 1. The fourth-order valence-corrected chi connectivity index (χ4v) is 8.78. The van der Waals surface area contributed by atoms with Crippen LogP contribution in [0.4, 0.5) is 0 Å². The van der Waals surface area contributed by atoms with E-state index in [1.165, 1.54) is 17.5 Å². The van der Waals surface area contributed by atoms with Gasteiger partial charge in [-0.2, -0.15) is 0 Å². The van der Waals surface area contributed by atoms with Gasteiger partial charge in [0.15, 0.2) is 0 Å². The molecule has 0 saturated carbocycles. The van der Waals surface area contributed by atoms with E-state index in [1.807, 2.05) is 24.3 Å². The lowest BCUT2D eigenvalue weighted by molar-refractivity contribution is -0.136. The minimum Gasteiger partial charge on any atom is -0.466 e. The summed E-state index contributed by atoms with van der Waals surface area (Å²) in [6.07, 6.45) is 3.81. The maximum Gasteiger partial charge on any atom is 0.333 e. The Morgan fingerprint density at radius 2 is 1.52 bits per heavy atom. The van der Waals surface area contributed by atoms with Crippen molar-refractivity contribution in [3.63, 3.8) is 0 Å². The van der Waals surface area contributed by atoms with Crippen molar-refractivity contribution in [2.75, 3.05) is 13.7 Å². The number of hydrogen-bond acceptors (Lipinski definition) is 3. The zero-order chi connectivity index (χ0) is 23.1. The minimum absolute atomic E-state index is 0.0114. The zero-order valence-corrected chi connectivity index (χ0v) is 20.7. The second-order valence-electron chi connectivity index (χ2n) is 9.11. The van der Waals surface area contributed by atoms with Gasteiger partial charge in [0.1, 0.15) is 0 Å². The lowest BCUT2D eigenvalue weighted by atomic mass is 9.93. The summed E-state index contributed by atoms with van der Waals surface area (Å²) in [5.74, 6) is -0.150.